The zero-order chi connectivity index (χ0) is 23.9. The maximum Gasteiger partial charge on any atom is 0.216 e. The van der Waals surface area contributed by atoms with Gasteiger partial charge >= 0.3 is 0 Å². The summed E-state index contributed by atoms with van der Waals surface area (Å²) in [5.41, 5.74) is 5.44. The third-order valence-electron chi connectivity index (χ3n) is 5.00. The van der Waals surface area contributed by atoms with Gasteiger partial charge in [0.2, 0.25) is 5.78 Å². The fraction of sp³-hybridized carbons (Fsp3) is 0.480. The van der Waals surface area contributed by atoms with E-state index in [4.69, 9.17) is 10.7 Å². The molecule has 0 amide bonds. The Labute approximate surface area is 191 Å². The van der Waals surface area contributed by atoms with Crippen molar-refractivity contribution in [2.45, 2.75) is 52.7 Å². The first-order chi connectivity index (χ1) is 15.0. The molecular weight excluding hydrogens is 402 g/mol. The highest BCUT2D eigenvalue weighted by Crippen LogP contribution is 2.20. The summed E-state index contributed by atoms with van der Waals surface area (Å²) in [6.45, 7) is 15.7. The molecule has 172 valence electrons. The molecule has 1 saturated heterocycles. The minimum Gasteiger partial charge on any atom is -0.383 e. The number of nitrogen functional groups attached to an aromatic ring is 1. The van der Waals surface area contributed by atoms with Crippen LogP contribution < -0.4 is 11.1 Å². The van der Waals surface area contributed by atoms with Gasteiger partial charge < -0.3 is 21.1 Å². The van der Waals surface area contributed by atoms with Gasteiger partial charge in [-0.05, 0) is 45.2 Å². The number of aromatic nitrogens is 1. The normalized spacial score (nSPS) is 18.0. The number of carbonyl (C=O) groups excluding carboxylic acids is 1. The summed E-state index contributed by atoms with van der Waals surface area (Å²) in [4.78, 5) is 24.3. The number of aliphatic hydroxyl groups is 1. The first-order valence-corrected chi connectivity index (χ1v) is 10.9. The lowest BCUT2D eigenvalue weighted by atomic mass is 10.0. The molecular formula is C25H35N5O2. The number of anilines is 1. The number of piperazine rings is 1. The van der Waals surface area contributed by atoms with Gasteiger partial charge in [0.1, 0.15) is 23.0 Å². The number of nitrogens with two attached hydrogens (primary N) is 1. The Kier molecular flexibility index (Phi) is 8.76. The van der Waals surface area contributed by atoms with Crippen LogP contribution in [0.2, 0.25) is 0 Å². The third-order valence-corrected chi connectivity index (χ3v) is 5.00. The molecule has 1 aromatic rings. The van der Waals surface area contributed by atoms with Crippen LogP contribution in [0.15, 0.2) is 47.2 Å². The predicted molar refractivity (Wildman–Crippen MR) is 130 cm³/mol. The molecule has 2 heterocycles. The summed E-state index contributed by atoms with van der Waals surface area (Å²) in [5.74, 6) is 6.65. The van der Waals surface area contributed by atoms with Crippen molar-refractivity contribution >= 4 is 17.4 Å². The third kappa shape index (κ3) is 7.33. The molecule has 1 aromatic heterocycles. The summed E-state index contributed by atoms with van der Waals surface area (Å²) in [5, 5.41) is 13.6. The SMILES string of the molecule is C=C/C(C#CC(C)(C)O)=C(\N=C(/C)N1CCN[C@@H](CC(C)C)C1)C(=O)c1cccnc1N. The molecule has 1 atom stereocenters. The Morgan fingerprint density at radius 2 is 2.25 bits per heavy atom. The van der Waals surface area contributed by atoms with Gasteiger partial charge in [-0.25, -0.2) is 9.98 Å². The average molecular weight is 438 g/mol. The number of rotatable bonds is 6. The number of Topliss-reactive ketones (excluding diaryl/α,β-unsaturated/α-hetero) is 1. The monoisotopic (exact) mass is 437 g/mol. The number of pyridine rings is 1. The number of allylic oxidation sites excluding steroid dienone is 3. The highest BCUT2D eigenvalue weighted by Gasteiger charge is 2.23. The fourth-order valence-electron chi connectivity index (χ4n) is 3.48. The smallest absolute Gasteiger partial charge is 0.216 e. The molecule has 32 heavy (non-hydrogen) atoms. The number of carbonyl (C=O) groups is 1. The Bertz CT molecular complexity index is 961. The van der Waals surface area contributed by atoms with Gasteiger partial charge in [-0.1, -0.05) is 38.3 Å². The van der Waals surface area contributed by atoms with Gasteiger partial charge in [0.25, 0.3) is 0 Å². The first-order valence-electron chi connectivity index (χ1n) is 10.9. The highest BCUT2D eigenvalue weighted by molar-refractivity contribution is 6.13. The molecule has 0 spiro atoms. The summed E-state index contributed by atoms with van der Waals surface area (Å²) < 4.78 is 0. The van der Waals surface area contributed by atoms with E-state index < -0.39 is 5.60 Å². The molecule has 1 fully saturated rings. The molecule has 0 saturated carbocycles. The van der Waals surface area contributed by atoms with Crippen LogP contribution in [0.4, 0.5) is 5.82 Å². The van der Waals surface area contributed by atoms with E-state index in [0.29, 0.717) is 17.5 Å². The second-order valence-corrected chi connectivity index (χ2v) is 8.93. The molecule has 0 aliphatic carbocycles. The lowest BCUT2D eigenvalue weighted by Gasteiger charge is -2.35. The number of hydrogen-bond donors (Lipinski definition) is 3. The van der Waals surface area contributed by atoms with Crippen molar-refractivity contribution in [1.82, 2.24) is 15.2 Å². The number of amidine groups is 1. The quantitative estimate of drug-likeness (QED) is 0.158. The molecule has 0 unspecified atom stereocenters. The van der Waals surface area contributed by atoms with Gasteiger partial charge in [-0.2, -0.15) is 0 Å². The molecule has 7 heteroatoms. The molecule has 0 bridgehead atoms. The van der Waals surface area contributed by atoms with Crippen molar-refractivity contribution < 1.29 is 9.90 Å². The van der Waals surface area contributed by atoms with Crippen LogP contribution in [-0.2, 0) is 0 Å². The van der Waals surface area contributed by atoms with Crippen LogP contribution in [0.5, 0.6) is 0 Å². The number of hydrogen-bond acceptors (Lipinski definition) is 6. The minimum absolute atomic E-state index is 0.126. The minimum atomic E-state index is -1.23. The number of ketones is 1. The zero-order valence-corrected chi connectivity index (χ0v) is 19.8. The van der Waals surface area contributed by atoms with E-state index in [-0.39, 0.29) is 22.9 Å². The summed E-state index contributed by atoms with van der Waals surface area (Å²) in [6, 6.07) is 3.63. The zero-order valence-electron chi connectivity index (χ0n) is 19.8. The molecule has 1 aliphatic heterocycles. The molecule has 4 N–H and O–H groups in total. The van der Waals surface area contributed by atoms with Gasteiger partial charge in [0, 0.05) is 31.9 Å². The van der Waals surface area contributed by atoms with Crippen LogP contribution in [0.3, 0.4) is 0 Å². The maximum absolute atomic E-state index is 13.4. The van der Waals surface area contributed by atoms with E-state index in [1.807, 2.05) is 6.92 Å². The van der Waals surface area contributed by atoms with Crippen LogP contribution in [0, 0.1) is 17.8 Å². The van der Waals surface area contributed by atoms with Crippen LogP contribution in [0.1, 0.15) is 51.4 Å². The second-order valence-electron chi connectivity index (χ2n) is 8.93. The van der Waals surface area contributed by atoms with E-state index in [9.17, 15) is 9.90 Å². The largest absolute Gasteiger partial charge is 0.383 e. The average Bonchev–Trinajstić information content (AvgIpc) is 2.72. The molecule has 2 rings (SSSR count). The Hall–Kier alpha value is -2.95. The van der Waals surface area contributed by atoms with Crippen LogP contribution in [0.25, 0.3) is 0 Å². The number of nitrogens with one attached hydrogen (secondary N) is 1. The van der Waals surface area contributed by atoms with Crippen molar-refractivity contribution in [1.29, 1.82) is 0 Å². The highest BCUT2D eigenvalue weighted by atomic mass is 16.3. The number of aliphatic imine (C=N–C) groups is 1. The van der Waals surface area contributed by atoms with Gasteiger partial charge in [-0.15, -0.1) is 0 Å². The predicted octanol–water partition coefficient (Wildman–Crippen LogP) is 2.80. The molecule has 7 nitrogen and oxygen atoms in total. The topological polar surface area (TPSA) is 104 Å². The summed E-state index contributed by atoms with van der Waals surface area (Å²) >= 11 is 0. The first kappa shape index (κ1) is 25.3. The van der Waals surface area contributed by atoms with Crippen molar-refractivity contribution in [3.05, 3.63) is 47.8 Å². The van der Waals surface area contributed by atoms with E-state index in [1.54, 1.807) is 26.0 Å². The van der Waals surface area contributed by atoms with Crippen LogP contribution in [-0.4, -0.2) is 57.9 Å². The van der Waals surface area contributed by atoms with Gasteiger partial charge in [-0.3, -0.25) is 4.79 Å². The Balaban J connectivity index is 2.51. The van der Waals surface area contributed by atoms with Crippen molar-refractivity contribution in [2.24, 2.45) is 10.9 Å². The summed E-state index contributed by atoms with van der Waals surface area (Å²) in [7, 11) is 0. The lowest BCUT2D eigenvalue weighted by Crippen LogP contribution is -2.52. The van der Waals surface area contributed by atoms with Crippen molar-refractivity contribution in [3.63, 3.8) is 0 Å². The molecule has 0 aromatic carbocycles. The fourth-order valence-corrected chi connectivity index (χ4v) is 3.48. The van der Waals surface area contributed by atoms with E-state index in [1.165, 1.54) is 12.3 Å². The van der Waals surface area contributed by atoms with Crippen molar-refractivity contribution in [2.75, 3.05) is 25.4 Å². The number of nitrogens with zero attached hydrogens (tertiary/aromatic N) is 3. The molecule has 1 aliphatic rings. The summed E-state index contributed by atoms with van der Waals surface area (Å²) in [6.07, 6.45) is 4.07. The van der Waals surface area contributed by atoms with Gasteiger partial charge in [0.05, 0.1) is 11.1 Å². The van der Waals surface area contributed by atoms with E-state index in [0.717, 1.165) is 31.9 Å². The standard InChI is InChI=1S/C25H35N5O2/c1-7-19(10-11-25(5,6)32)22(23(31)21-9-8-12-28-24(21)26)29-18(4)30-14-13-27-20(16-30)15-17(2)3/h7-9,12,17,20,27,32H,1,13-16H2,2-6H3,(H2,26,28)/b22-19+,29-18+/t20-/m0/s1. The van der Waals surface area contributed by atoms with Gasteiger partial charge in [0.15, 0.2) is 0 Å². The molecule has 0 radical (unpaired) electrons. The Morgan fingerprint density at radius 3 is 2.84 bits per heavy atom. The lowest BCUT2D eigenvalue weighted by molar-refractivity contribution is 0.103. The Morgan fingerprint density at radius 1 is 1.53 bits per heavy atom. The van der Waals surface area contributed by atoms with E-state index in [2.05, 4.69) is 47.5 Å². The second kappa shape index (κ2) is 11.1. The van der Waals surface area contributed by atoms with E-state index >= 15 is 0 Å². The van der Waals surface area contributed by atoms with Crippen molar-refractivity contribution in [3.8, 4) is 11.8 Å². The maximum atomic E-state index is 13.4. The van der Waals surface area contributed by atoms with Crippen LogP contribution >= 0.6 is 0 Å².